The van der Waals surface area contributed by atoms with E-state index in [2.05, 4.69) is 15.5 Å². The van der Waals surface area contributed by atoms with Crippen LogP contribution in [0.1, 0.15) is 11.1 Å². The Bertz CT molecular complexity index is 1560. The van der Waals surface area contributed by atoms with Crippen molar-refractivity contribution in [1.29, 1.82) is 0 Å². The van der Waals surface area contributed by atoms with E-state index in [1.165, 1.54) is 4.40 Å². The Morgan fingerprint density at radius 1 is 1.06 bits per heavy atom. The molecule has 0 aliphatic carbocycles. The van der Waals surface area contributed by atoms with Crippen molar-refractivity contribution in [3.63, 3.8) is 0 Å². The number of methoxy groups -OCH3 is 1. The molecule has 166 valence electrons. The summed E-state index contributed by atoms with van der Waals surface area (Å²) in [4.78, 5) is 25.5. The van der Waals surface area contributed by atoms with Crippen LogP contribution in [0.25, 0.3) is 22.4 Å². The topological polar surface area (TPSA) is 94.9 Å². The van der Waals surface area contributed by atoms with Gasteiger partial charge in [-0.2, -0.15) is 5.10 Å². The third-order valence-electron chi connectivity index (χ3n) is 5.75. The molecule has 0 bridgehead atoms. The molecule has 3 aromatic heterocycles. The molecule has 0 saturated carbocycles. The number of carbonyl (C=O) groups excluding carboxylic acids is 1. The molecular weight excluding hydrogens is 420 g/mol. The van der Waals surface area contributed by atoms with Crippen LogP contribution in [0.2, 0.25) is 0 Å². The predicted octanol–water partition coefficient (Wildman–Crippen LogP) is 3.07. The number of hydrogen-bond acceptors (Lipinski definition) is 5. The van der Waals surface area contributed by atoms with E-state index >= 15 is 0 Å². The van der Waals surface area contributed by atoms with Crippen molar-refractivity contribution < 1.29 is 9.53 Å². The number of anilines is 1. The predicted molar refractivity (Wildman–Crippen MR) is 125 cm³/mol. The molecule has 9 nitrogen and oxygen atoms in total. The van der Waals surface area contributed by atoms with Crippen LogP contribution in [0.5, 0.6) is 5.75 Å². The van der Waals surface area contributed by atoms with Gasteiger partial charge in [0.25, 0.3) is 0 Å². The van der Waals surface area contributed by atoms with Gasteiger partial charge in [0.15, 0.2) is 5.65 Å². The highest BCUT2D eigenvalue weighted by Crippen LogP contribution is 2.23. The molecule has 5 aromatic rings. The standard InChI is InChI=1S/C24H22N6O3/c1-15-5-4-6-19(16(15)2)25-22(31)14-30-24(32)28-11-12-29-21(23(28)27-30)13-20(26-29)17-7-9-18(33-3)10-8-17/h4-13H,14H2,1-3H3,(H,25,31). The summed E-state index contributed by atoms with van der Waals surface area (Å²) in [6.07, 6.45) is 3.29. The first-order chi connectivity index (χ1) is 15.9. The molecule has 33 heavy (non-hydrogen) atoms. The molecule has 0 aliphatic rings. The molecule has 3 heterocycles. The van der Waals surface area contributed by atoms with Gasteiger partial charge in [-0.15, -0.1) is 5.10 Å². The Morgan fingerprint density at radius 2 is 1.85 bits per heavy atom. The van der Waals surface area contributed by atoms with Crippen LogP contribution in [0, 0.1) is 13.8 Å². The number of benzene rings is 2. The summed E-state index contributed by atoms with van der Waals surface area (Å²) >= 11 is 0. The SMILES string of the molecule is COc1ccc(-c2cc3c4nn(CC(=O)Nc5cccc(C)c5C)c(=O)n4ccn3n2)cc1. The second kappa shape index (κ2) is 7.94. The number of amides is 1. The average molecular weight is 442 g/mol. The fourth-order valence-corrected chi connectivity index (χ4v) is 3.75. The summed E-state index contributed by atoms with van der Waals surface area (Å²) in [7, 11) is 1.62. The first kappa shape index (κ1) is 20.5. The van der Waals surface area contributed by atoms with Gasteiger partial charge in [0.05, 0.1) is 12.8 Å². The van der Waals surface area contributed by atoms with Crippen LogP contribution in [0.15, 0.2) is 65.7 Å². The van der Waals surface area contributed by atoms with Crippen molar-refractivity contribution in [3.05, 3.63) is 82.5 Å². The zero-order chi connectivity index (χ0) is 23.1. The summed E-state index contributed by atoms with van der Waals surface area (Å²) in [6.45, 7) is 3.73. The lowest BCUT2D eigenvalue weighted by molar-refractivity contribution is -0.117. The molecule has 0 aliphatic heterocycles. The van der Waals surface area contributed by atoms with Gasteiger partial charge in [0.2, 0.25) is 5.91 Å². The Hall–Kier alpha value is -4.40. The maximum Gasteiger partial charge on any atom is 0.350 e. The molecule has 1 N–H and O–H groups in total. The first-order valence-corrected chi connectivity index (χ1v) is 10.4. The number of rotatable bonds is 5. The van der Waals surface area contributed by atoms with Crippen molar-refractivity contribution in [3.8, 4) is 17.0 Å². The quantitative estimate of drug-likeness (QED) is 0.451. The van der Waals surface area contributed by atoms with Crippen LogP contribution in [0.4, 0.5) is 5.69 Å². The van der Waals surface area contributed by atoms with Crippen LogP contribution < -0.4 is 15.7 Å². The molecule has 0 radical (unpaired) electrons. The van der Waals surface area contributed by atoms with E-state index in [1.54, 1.807) is 24.0 Å². The largest absolute Gasteiger partial charge is 0.497 e. The van der Waals surface area contributed by atoms with Crippen LogP contribution >= 0.6 is 0 Å². The minimum Gasteiger partial charge on any atom is -0.497 e. The molecule has 1 amide bonds. The molecule has 5 rings (SSSR count). The normalized spacial score (nSPS) is 11.2. The number of fused-ring (bicyclic) bond motifs is 3. The maximum absolute atomic E-state index is 12.9. The van der Waals surface area contributed by atoms with Gasteiger partial charge in [-0.3, -0.25) is 4.79 Å². The van der Waals surface area contributed by atoms with Gasteiger partial charge in [-0.05, 0) is 61.4 Å². The first-order valence-electron chi connectivity index (χ1n) is 10.4. The van der Waals surface area contributed by atoms with Gasteiger partial charge >= 0.3 is 5.69 Å². The zero-order valence-electron chi connectivity index (χ0n) is 18.4. The summed E-state index contributed by atoms with van der Waals surface area (Å²) < 4.78 is 9.46. The van der Waals surface area contributed by atoms with Crippen LogP contribution in [-0.2, 0) is 11.3 Å². The molecule has 9 heteroatoms. The number of aromatic nitrogens is 5. The van der Waals surface area contributed by atoms with E-state index in [0.717, 1.165) is 38.5 Å². The molecule has 0 unspecified atom stereocenters. The Balaban J connectivity index is 1.48. The lowest BCUT2D eigenvalue weighted by atomic mass is 10.1. The van der Waals surface area contributed by atoms with E-state index < -0.39 is 5.69 Å². The molecular formula is C24H22N6O3. The minimum absolute atomic E-state index is 0.195. The highest BCUT2D eigenvalue weighted by molar-refractivity contribution is 5.91. The van der Waals surface area contributed by atoms with Crippen LogP contribution in [0.3, 0.4) is 0 Å². The summed E-state index contributed by atoms with van der Waals surface area (Å²) in [6, 6.07) is 15.1. The van der Waals surface area contributed by atoms with Crippen molar-refractivity contribution in [2.45, 2.75) is 20.4 Å². The Kier molecular flexibility index (Phi) is 4.93. The monoisotopic (exact) mass is 442 g/mol. The van der Waals surface area contributed by atoms with E-state index in [0.29, 0.717) is 11.2 Å². The number of ether oxygens (including phenoxy) is 1. The third-order valence-corrected chi connectivity index (χ3v) is 5.75. The maximum atomic E-state index is 12.9. The van der Waals surface area contributed by atoms with Crippen molar-refractivity contribution in [2.75, 3.05) is 12.4 Å². The molecule has 0 fully saturated rings. The van der Waals surface area contributed by atoms with Gasteiger partial charge in [0.1, 0.15) is 17.8 Å². The van der Waals surface area contributed by atoms with Gasteiger partial charge < -0.3 is 10.1 Å². The number of hydrogen-bond donors (Lipinski definition) is 1. The lowest BCUT2D eigenvalue weighted by Gasteiger charge is -2.09. The average Bonchev–Trinajstić information content (AvgIpc) is 3.38. The minimum atomic E-state index is -0.393. The number of nitrogens with one attached hydrogen (secondary N) is 1. The van der Waals surface area contributed by atoms with Crippen LogP contribution in [-0.4, -0.2) is 36.8 Å². The zero-order valence-corrected chi connectivity index (χ0v) is 18.4. The van der Waals surface area contributed by atoms with E-state index in [9.17, 15) is 9.59 Å². The van der Waals surface area contributed by atoms with E-state index in [4.69, 9.17) is 4.74 Å². The Morgan fingerprint density at radius 3 is 2.61 bits per heavy atom. The molecule has 0 atom stereocenters. The van der Waals surface area contributed by atoms with Gasteiger partial charge in [0, 0.05) is 23.6 Å². The van der Waals surface area contributed by atoms with Crippen molar-refractivity contribution in [1.82, 2.24) is 23.8 Å². The van der Waals surface area contributed by atoms with Gasteiger partial charge in [-0.25, -0.2) is 18.4 Å². The van der Waals surface area contributed by atoms with E-state index in [-0.39, 0.29) is 12.5 Å². The highest BCUT2D eigenvalue weighted by atomic mass is 16.5. The third kappa shape index (κ3) is 3.63. The molecule has 0 spiro atoms. The molecule has 2 aromatic carbocycles. The van der Waals surface area contributed by atoms with Crippen molar-refractivity contribution >= 4 is 22.8 Å². The fourth-order valence-electron chi connectivity index (χ4n) is 3.75. The number of carbonyl (C=O) groups is 1. The second-order valence-corrected chi connectivity index (χ2v) is 7.82. The number of aryl methyl sites for hydroxylation is 1. The summed E-state index contributed by atoms with van der Waals surface area (Å²) in [5.74, 6) is 0.437. The highest BCUT2D eigenvalue weighted by Gasteiger charge is 2.16. The fraction of sp³-hybridized carbons (Fsp3) is 0.167. The van der Waals surface area contributed by atoms with E-state index in [1.807, 2.05) is 62.4 Å². The smallest absolute Gasteiger partial charge is 0.350 e. The molecule has 0 saturated heterocycles. The van der Waals surface area contributed by atoms with Crippen molar-refractivity contribution in [2.24, 2.45) is 0 Å². The summed E-state index contributed by atoms with van der Waals surface area (Å²) in [5, 5.41) is 11.9. The van der Waals surface area contributed by atoms with Gasteiger partial charge in [-0.1, -0.05) is 12.1 Å². The lowest BCUT2D eigenvalue weighted by Crippen LogP contribution is -2.28. The summed E-state index contributed by atoms with van der Waals surface area (Å²) in [5.41, 5.74) is 5.12. The Labute approximate surface area is 188 Å². The second-order valence-electron chi connectivity index (χ2n) is 7.82. The number of nitrogens with zero attached hydrogens (tertiary/aromatic N) is 5.